The fraction of sp³-hybridized carbons (Fsp3) is 0.222. The number of amides is 2. The van der Waals surface area contributed by atoms with Gasteiger partial charge in [0.15, 0.2) is 0 Å². The molecule has 0 aromatic heterocycles. The summed E-state index contributed by atoms with van der Waals surface area (Å²) in [5.41, 5.74) is 4.83. The Morgan fingerprint density at radius 3 is 2.38 bits per heavy atom. The second kappa shape index (κ2) is 9.55. The molecule has 5 nitrogen and oxygen atoms in total. The first-order valence-corrected chi connectivity index (χ1v) is 11.0. The molecule has 1 aliphatic heterocycles. The number of carbonyl (C=O) groups excluding carboxylic acids is 2. The lowest BCUT2D eigenvalue weighted by Gasteiger charge is -2.25. The van der Waals surface area contributed by atoms with Crippen molar-refractivity contribution < 1.29 is 18.4 Å². The molecule has 1 unspecified atom stereocenters. The standard InChI is InChI=1S/C27H25F2N3O2/c1-17-7-8-20(13-18(17)2)24-15-25(19-9-11-22(28)12-10-19)32(30-24)26(33)16-31(3)27(34)21-5-4-6-23(29)14-21/h4-14,25H,15-16H2,1-3H3. The molecule has 0 fully saturated rings. The number of likely N-dealkylation sites (N-methyl/N-ethyl adjacent to an activating group) is 1. The zero-order valence-corrected chi connectivity index (χ0v) is 19.3. The van der Waals surface area contributed by atoms with Crippen LogP contribution < -0.4 is 0 Å². The van der Waals surface area contributed by atoms with Crippen LogP contribution in [0.5, 0.6) is 0 Å². The van der Waals surface area contributed by atoms with Crippen LogP contribution >= 0.6 is 0 Å². The van der Waals surface area contributed by atoms with Gasteiger partial charge >= 0.3 is 0 Å². The molecule has 0 saturated heterocycles. The molecule has 1 atom stereocenters. The van der Waals surface area contributed by atoms with Gasteiger partial charge in [0.1, 0.15) is 18.2 Å². The summed E-state index contributed by atoms with van der Waals surface area (Å²) in [6, 6.07) is 16.9. The number of carbonyl (C=O) groups is 2. The number of aryl methyl sites for hydroxylation is 2. The molecular weight excluding hydrogens is 436 g/mol. The van der Waals surface area contributed by atoms with Crippen molar-refractivity contribution in [3.63, 3.8) is 0 Å². The minimum absolute atomic E-state index is 0.158. The fourth-order valence-electron chi connectivity index (χ4n) is 3.97. The van der Waals surface area contributed by atoms with Crippen LogP contribution in [-0.4, -0.2) is 41.0 Å². The zero-order chi connectivity index (χ0) is 24.4. The van der Waals surface area contributed by atoms with Crippen molar-refractivity contribution in [2.75, 3.05) is 13.6 Å². The maximum absolute atomic E-state index is 13.5. The van der Waals surface area contributed by atoms with E-state index in [1.165, 1.54) is 47.3 Å². The summed E-state index contributed by atoms with van der Waals surface area (Å²) >= 11 is 0. The van der Waals surface area contributed by atoms with Crippen LogP contribution in [0, 0.1) is 25.5 Å². The summed E-state index contributed by atoms with van der Waals surface area (Å²) in [5, 5.41) is 5.99. The second-order valence-electron chi connectivity index (χ2n) is 8.53. The molecule has 1 aliphatic rings. The third kappa shape index (κ3) is 4.88. The molecule has 3 aromatic rings. The van der Waals surface area contributed by atoms with Crippen molar-refractivity contribution in [3.05, 3.63) is 106 Å². The van der Waals surface area contributed by atoms with Gasteiger partial charge < -0.3 is 4.90 Å². The van der Waals surface area contributed by atoms with Crippen molar-refractivity contribution in [2.24, 2.45) is 5.10 Å². The average molecular weight is 462 g/mol. The monoisotopic (exact) mass is 461 g/mol. The number of hydrogen-bond donors (Lipinski definition) is 0. The number of rotatable bonds is 5. The molecule has 34 heavy (non-hydrogen) atoms. The maximum atomic E-state index is 13.5. The van der Waals surface area contributed by atoms with Gasteiger partial charge in [-0.05, 0) is 72.5 Å². The molecule has 174 valence electrons. The number of hydrogen-bond acceptors (Lipinski definition) is 3. The van der Waals surface area contributed by atoms with Gasteiger partial charge in [-0.1, -0.05) is 30.3 Å². The van der Waals surface area contributed by atoms with Gasteiger partial charge in [-0.15, -0.1) is 0 Å². The topological polar surface area (TPSA) is 53.0 Å². The molecule has 0 bridgehead atoms. The lowest BCUT2D eigenvalue weighted by atomic mass is 9.96. The van der Waals surface area contributed by atoms with Crippen LogP contribution in [0.25, 0.3) is 0 Å². The Bertz CT molecular complexity index is 1270. The van der Waals surface area contributed by atoms with Gasteiger partial charge in [-0.3, -0.25) is 9.59 Å². The molecule has 0 N–H and O–H groups in total. The molecule has 1 heterocycles. The first-order valence-electron chi connectivity index (χ1n) is 11.0. The third-order valence-corrected chi connectivity index (χ3v) is 6.05. The Kier molecular flexibility index (Phi) is 6.54. The van der Waals surface area contributed by atoms with Gasteiger partial charge in [-0.25, -0.2) is 13.8 Å². The number of halogens is 2. The van der Waals surface area contributed by atoms with E-state index in [0.717, 1.165) is 34.0 Å². The third-order valence-electron chi connectivity index (χ3n) is 6.05. The van der Waals surface area contributed by atoms with E-state index in [1.54, 1.807) is 12.1 Å². The summed E-state index contributed by atoms with van der Waals surface area (Å²) < 4.78 is 27.1. The summed E-state index contributed by atoms with van der Waals surface area (Å²) in [4.78, 5) is 27.2. The van der Waals surface area contributed by atoms with Crippen molar-refractivity contribution in [1.82, 2.24) is 9.91 Å². The predicted molar refractivity (Wildman–Crippen MR) is 126 cm³/mol. The summed E-state index contributed by atoms with van der Waals surface area (Å²) in [5.74, 6) is -1.75. The first-order chi connectivity index (χ1) is 16.2. The molecule has 3 aromatic carbocycles. The van der Waals surface area contributed by atoms with Crippen LogP contribution in [0.2, 0.25) is 0 Å². The predicted octanol–water partition coefficient (Wildman–Crippen LogP) is 5.03. The number of hydrazone groups is 1. The second-order valence-corrected chi connectivity index (χ2v) is 8.53. The van der Waals surface area contributed by atoms with Gasteiger partial charge in [0.2, 0.25) is 0 Å². The van der Waals surface area contributed by atoms with E-state index in [2.05, 4.69) is 5.10 Å². The SMILES string of the molecule is Cc1ccc(C2=NN(C(=O)CN(C)C(=O)c3cccc(F)c3)C(c3ccc(F)cc3)C2)cc1C. The molecular formula is C27H25F2N3O2. The van der Waals surface area contributed by atoms with Crippen molar-refractivity contribution >= 4 is 17.5 Å². The highest BCUT2D eigenvalue weighted by atomic mass is 19.1. The van der Waals surface area contributed by atoms with Gasteiger partial charge in [0, 0.05) is 19.0 Å². The molecule has 0 radical (unpaired) electrons. The van der Waals surface area contributed by atoms with E-state index in [0.29, 0.717) is 6.42 Å². The van der Waals surface area contributed by atoms with E-state index in [1.807, 2.05) is 32.0 Å². The Hall–Kier alpha value is -3.87. The molecule has 2 amide bonds. The Labute approximate surface area is 197 Å². The molecule has 0 saturated carbocycles. The van der Waals surface area contributed by atoms with E-state index < -0.39 is 17.8 Å². The van der Waals surface area contributed by atoms with Gasteiger partial charge in [0.25, 0.3) is 11.8 Å². The minimum atomic E-state index is -0.524. The molecule has 0 spiro atoms. The quantitative estimate of drug-likeness (QED) is 0.535. The van der Waals surface area contributed by atoms with E-state index >= 15 is 0 Å². The van der Waals surface area contributed by atoms with Crippen molar-refractivity contribution in [1.29, 1.82) is 0 Å². The van der Waals surface area contributed by atoms with Gasteiger partial charge in [0.05, 0.1) is 11.8 Å². The number of benzene rings is 3. The lowest BCUT2D eigenvalue weighted by Crippen LogP contribution is -2.39. The normalized spacial score (nSPS) is 15.3. The smallest absolute Gasteiger partial charge is 0.262 e. The van der Waals surface area contributed by atoms with Crippen molar-refractivity contribution in [2.45, 2.75) is 26.3 Å². The first kappa shape index (κ1) is 23.3. The lowest BCUT2D eigenvalue weighted by molar-refractivity contribution is -0.133. The summed E-state index contributed by atoms with van der Waals surface area (Å²) in [6.45, 7) is 3.80. The van der Waals surface area contributed by atoms with E-state index in [9.17, 15) is 18.4 Å². The highest BCUT2D eigenvalue weighted by Crippen LogP contribution is 2.33. The summed E-state index contributed by atoms with van der Waals surface area (Å²) in [7, 11) is 1.49. The van der Waals surface area contributed by atoms with E-state index in [4.69, 9.17) is 0 Å². The molecule has 0 aliphatic carbocycles. The van der Waals surface area contributed by atoms with Crippen LogP contribution in [0.4, 0.5) is 8.78 Å². The highest BCUT2D eigenvalue weighted by Gasteiger charge is 2.34. The fourth-order valence-corrected chi connectivity index (χ4v) is 3.97. The van der Waals surface area contributed by atoms with Gasteiger partial charge in [-0.2, -0.15) is 5.10 Å². The number of nitrogens with zero attached hydrogens (tertiary/aromatic N) is 3. The van der Waals surface area contributed by atoms with E-state index in [-0.39, 0.29) is 23.8 Å². The summed E-state index contributed by atoms with van der Waals surface area (Å²) in [6.07, 6.45) is 0.460. The molecule has 4 rings (SSSR count). The Balaban J connectivity index is 1.61. The zero-order valence-electron chi connectivity index (χ0n) is 19.3. The van der Waals surface area contributed by atoms with Crippen molar-refractivity contribution in [3.8, 4) is 0 Å². The van der Waals surface area contributed by atoms with Crippen LogP contribution in [0.15, 0.2) is 71.8 Å². The van der Waals surface area contributed by atoms with Crippen LogP contribution in [0.1, 0.15) is 45.1 Å². The Morgan fingerprint density at radius 1 is 0.971 bits per heavy atom. The molecule has 7 heteroatoms. The highest BCUT2D eigenvalue weighted by molar-refractivity contribution is 6.04. The average Bonchev–Trinajstić information content (AvgIpc) is 3.26. The largest absolute Gasteiger partial charge is 0.332 e. The minimum Gasteiger partial charge on any atom is -0.332 e. The van der Waals surface area contributed by atoms with Crippen LogP contribution in [0.3, 0.4) is 0 Å². The van der Waals surface area contributed by atoms with Crippen LogP contribution in [-0.2, 0) is 4.79 Å². The Morgan fingerprint density at radius 2 is 1.71 bits per heavy atom. The maximum Gasteiger partial charge on any atom is 0.262 e.